The van der Waals surface area contributed by atoms with Crippen molar-refractivity contribution in [2.45, 2.75) is 26.3 Å². The Morgan fingerprint density at radius 1 is 1.17 bits per heavy atom. The molecule has 2 amide bonds. The maximum atomic E-state index is 12.0. The molecule has 0 aliphatic rings. The predicted molar refractivity (Wildman–Crippen MR) is 112 cm³/mol. The summed E-state index contributed by atoms with van der Waals surface area (Å²) in [6.07, 6.45) is 1.20. The molecule has 0 spiro atoms. The molecule has 0 fully saturated rings. The summed E-state index contributed by atoms with van der Waals surface area (Å²) in [6, 6.07) is 19.4. The average Bonchev–Trinajstić information content (AvgIpc) is 3.05. The fraction of sp³-hybridized carbons (Fsp3) is 0.227. The minimum Gasteiger partial charge on any atom is -0.382 e. The smallest absolute Gasteiger partial charge is 0.315 e. The van der Waals surface area contributed by atoms with Gasteiger partial charge in [0.2, 0.25) is 0 Å². The van der Waals surface area contributed by atoms with Crippen LogP contribution < -0.4 is 16.4 Å². The van der Waals surface area contributed by atoms with Crippen molar-refractivity contribution in [3.05, 3.63) is 77.0 Å². The molecule has 0 bridgehead atoms. The largest absolute Gasteiger partial charge is 0.382 e. The first-order valence-electron chi connectivity index (χ1n) is 9.48. The van der Waals surface area contributed by atoms with E-state index in [1.807, 2.05) is 61.5 Å². The molecule has 4 N–H and O–H groups in total. The van der Waals surface area contributed by atoms with E-state index in [1.54, 1.807) is 4.68 Å². The van der Waals surface area contributed by atoms with Gasteiger partial charge in [-0.2, -0.15) is 10.4 Å². The van der Waals surface area contributed by atoms with Crippen LogP contribution in [0, 0.1) is 18.3 Å². The highest BCUT2D eigenvalue weighted by molar-refractivity contribution is 5.73. The Kier molecular flexibility index (Phi) is 6.48. The van der Waals surface area contributed by atoms with Crippen molar-refractivity contribution in [3.8, 4) is 11.8 Å². The number of aromatic nitrogens is 2. The molecular formula is C22H24N6O. The summed E-state index contributed by atoms with van der Waals surface area (Å²) < 4.78 is 1.58. The van der Waals surface area contributed by atoms with Crippen molar-refractivity contribution in [3.63, 3.8) is 0 Å². The normalized spacial score (nSPS) is 10.3. The summed E-state index contributed by atoms with van der Waals surface area (Å²) in [6.45, 7) is 2.97. The second kappa shape index (κ2) is 9.42. The van der Waals surface area contributed by atoms with Crippen molar-refractivity contribution in [2.75, 3.05) is 12.3 Å². The standard InChI is InChI=1S/C22H24N6O/c1-16-7-5-8-17(13-16)15-26-22(29)25-12-6-11-20-19(14-23)21(24)28(27-20)18-9-3-2-4-10-18/h2-5,7-10,13H,6,11-12,15,24H2,1H3,(H2,25,26,29). The molecule has 7 nitrogen and oxygen atoms in total. The van der Waals surface area contributed by atoms with Crippen LogP contribution in [0.25, 0.3) is 5.69 Å². The number of para-hydroxylation sites is 1. The van der Waals surface area contributed by atoms with E-state index in [-0.39, 0.29) is 6.03 Å². The third-order valence-corrected chi connectivity index (χ3v) is 4.52. The Morgan fingerprint density at radius 2 is 1.97 bits per heavy atom. The predicted octanol–water partition coefficient (Wildman–Crippen LogP) is 3.07. The summed E-state index contributed by atoms with van der Waals surface area (Å²) in [7, 11) is 0. The van der Waals surface area contributed by atoms with E-state index in [1.165, 1.54) is 0 Å². The zero-order valence-electron chi connectivity index (χ0n) is 16.4. The van der Waals surface area contributed by atoms with Crippen LogP contribution in [0.2, 0.25) is 0 Å². The topological polar surface area (TPSA) is 109 Å². The third-order valence-electron chi connectivity index (χ3n) is 4.52. The van der Waals surface area contributed by atoms with E-state index >= 15 is 0 Å². The summed E-state index contributed by atoms with van der Waals surface area (Å²) in [5, 5.41) is 19.6. The highest BCUT2D eigenvalue weighted by Gasteiger charge is 2.16. The van der Waals surface area contributed by atoms with Crippen molar-refractivity contribution < 1.29 is 4.79 Å². The van der Waals surface area contributed by atoms with E-state index in [0.717, 1.165) is 16.8 Å². The number of anilines is 1. The van der Waals surface area contributed by atoms with Crippen molar-refractivity contribution >= 4 is 11.8 Å². The summed E-state index contributed by atoms with van der Waals surface area (Å²) >= 11 is 0. The second-order valence-corrected chi connectivity index (χ2v) is 6.77. The van der Waals surface area contributed by atoms with E-state index in [2.05, 4.69) is 21.8 Å². The van der Waals surface area contributed by atoms with Crippen LogP contribution in [0.5, 0.6) is 0 Å². The average molecular weight is 388 g/mol. The van der Waals surface area contributed by atoms with E-state index in [4.69, 9.17) is 5.73 Å². The number of nitriles is 1. The molecule has 0 aliphatic heterocycles. The lowest BCUT2D eigenvalue weighted by molar-refractivity contribution is 0.240. The van der Waals surface area contributed by atoms with Gasteiger partial charge in [-0.05, 0) is 37.5 Å². The summed E-state index contributed by atoms with van der Waals surface area (Å²) in [5.74, 6) is 0.331. The second-order valence-electron chi connectivity index (χ2n) is 6.77. The number of nitrogens with zero attached hydrogens (tertiary/aromatic N) is 3. The van der Waals surface area contributed by atoms with Gasteiger partial charge in [0.1, 0.15) is 17.5 Å². The van der Waals surface area contributed by atoms with Crippen LogP contribution in [-0.2, 0) is 13.0 Å². The summed E-state index contributed by atoms with van der Waals surface area (Å²) in [4.78, 5) is 12.0. The van der Waals surface area contributed by atoms with Gasteiger partial charge >= 0.3 is 6.03 Å². The maximum absolute atomic E-state index is 12.0. The molecule has 1 heterocycles. The number of hydrogen-bond donors (Lipinski definition) is 3. The minimum absolute atomic E-state index is 0.221. The summed E-state index contributed by atoms with van der Waals surface area (Å²) in [5.41, 5.74) is 10.1. The highest BCUT2D eigenvalue weighted by atomic mass is 16.2. The maximum Gasteiger partial charge on any atom is 0.315 e. The van der Waals surface area contributed by atoms with Crippen LogP contribution in [0.15, 0.2) is 54.6 Å². The zero-order valence-corrected chi connectivity index (χ0v) is 16.4. The van der Waals surface area contributed by atoms with Gasteiger partial charge in [0.15, 0.2) is 0 Å². The number of benzene rings is 2. The van der Waals surface area contributed by atoms with Gasteiger partial charge in [-0.3, -0.25) is 0 Å². The molecule has 0 atom stereocenters. The SMILES string of the molecule is Cc1cccc(CNC(=O)NCCCc2nn(-c3ccccc3)c(N)c2C#N)c1. The number of urea groups is 1. The zero-order chi connectivity index (χ0) is 20.6. The Labute approximate surface area is 170 Å². The number of nitrogens with two attached hydrogens (primary N) is 1. The molecule has 3 rings (SSSR count). The van der Waals surface area contributed by atoms with Gasteiger partial charge in [0.25, 0.3) is 0 Å². The molecule has 2 aromatic carbocycles. The van der Waals surface area contributed by atoms with Gasteiger partial charge in [-0.25, -0.2) is 9.48 Å². The molecule has 0 radical (unpaired) electrons. The van der Waals surface area contributed by atoms with Crippen molar-refractivity contribution in [2.24, 2.45) is 0 Å². The van der Waals surface area contributed by atoms with E-state index in [9.17, 15) is 10.1 Å². The number of carbonyl (C=O) groups is 1. The first-order chi connectivity index (χ1) is 14.1. The lowest BCUT2D eigenvalue weighted by atomic mass is 10.1. The minimum atomic E-state index is -0.221. The van der Waals surface area contributed by atoms with Crippen LogP contribution in [0.4, 0.5) is 10.6 Å². The van der Waals surface area contributed by atoms with Gasteiger partial charge < -0.3 is 16.4 Å². The number of hydrogen-bond acceptors (Lipinski definition) is 4. The number of amides is 2. The molecule has 0 saturated carbocycles. The first kappa shape index (κ1) is 20.0. The van der Waals surface area contributed by atoms with Gasteiger partial charge in [0, 0.05) is 13.1 Å². The van der Waals surface area contributed by atoms with Crippen molar-refractivity contribution in [1.29, 1.82) is 5.26 Å². The lowest BCUT2D eigenvalue weighted by Crippen LogP contribution is -2.35. The lowest BCUT2D eigenvalue weighted by Gasteiger charge is -2.08. The molecule has 148 valence electrons. The molecule has 0 aliphatic carbocycles. The number of carbonyl (C=O) groups excluding carboxylic acids is 1. The fourth-order valence-corrected chi connectivity index (χ4v) is 3.07. The van der Waals surface area contributed by atoms with Gasteiger partial charge in [-0.15, -0.1) is 0 Å². The van der Waals surface area contributed by atoms with Crippen LogP contribution in [0.1, 0.15) is 28.8 Å². The van der Waals surface area contributed by atoms with Crippen molar-refractivity contribution in [1.82, 2.24) is 20.4 Å². The monoisotopic (exact) mass is 388 g/mol. The molecular weight excluding hydrogens is 364 g/mol. The van der Waals surface area contributed by atoms with Gasteiger partial charge in [-0.1, -0.05) is 48.0 Å². The van der Waals surface area contributed by atoms with E-state index < -0.39 is 0 Å². The molecule has 3 aromatic rings. The first-order valence-corrected chi connectivity index (χ1v) is 9.48. The van der Waals surface area contributed by atoms with Crippen LogP contribution in [0.3, 0.4) is 0 Å². The molecule has 1 aromatic heterocycles. The third kappa shape index (κ3) is 5.14. The number of rotatable bonds is 7. The highest BCUT2D eigenvalue weighted by Crippen LogP contribution is 2.21. The number of aryl methyl sites for hydroxylation is 2. The molecule has 7 heteroatoms. The Balaban J connectivity index is 1.50. The van der Waals surface area contributed by atoms with Crippen LogP contribution in [-0.4, -0.2) is 22.4 Å². The Morgan fingerprint density at radius 3 is 2.69 bits per heavy atom. The molecule has 0 unspecified atom stereocenters. The molecule has 0 saturated heterocycles. The molecule has 29 heavy (non-hydrogen) atoms. The number of nitrogen functional groups attached to an aromatic ring is 1. The quantitative estimate of drug-likeness (QED) is 0.540. The number of nitrogens with one attached hydrogen (secondary N) is 2. The fourth-order valence-electron chi connectivity index (χ4n) is 3.07. The van der Waals surface area contributed by atoms with Crippen LogP contribution >= 0.6 is 0 Å². The Hall–Kier alpha value is -3.79. The van der Waals surface area contributed by atoms with E-state index in [0.29, 0.717) is 43.0 Å². The Bertz CT molecular complexity index is 1020. The van der Waals surface area contributed by atoms with Gasteiger partial charge in [0.05, 0.1) is 11.4 Å².